The average molecular weight is 374 g/mol. The lowest BCUT2D eigenvalue weighted by Gasteiger charge is -2.15. The molecule has 8 heteroatoms. The predicted octanol–water partition coefficient (Wildman–Crippen LogP) is 3.51. The van der Waals surface area contributed by atoms with Gasteiger partial charge >= 0.3 is 0 Å². The highest BCUT2D eigenvalue weighted by Gasteiger charge is 2.18. The largest absolute Gasteiger partial charge is 0.345 e. The molecular weight excluding hydrogens is 360 g/mol. The summed E-state index contributed by atoms with van der Waals surface area (Å²) in [6.07, 6.45) is 1.10. The molecule has 2 aromatic carbocycles. The summed E-state index contributed by atoms with van der Waals surface area (Å²) in [7, 11) is -3.31. The van der Waals surface area contributed by atoms with E-state index >= 15 is 0 Å². The molecule has 2 aromatic rings. The van der Waals surface area contributed by atoms with Crippen molar-refractivity contribution in [3.8, 4) is 0 Å². The summed E-state index contributed by atoms with van der Waals surface area (Å²) in [6, 6.07) is 6.96. The van der Waals surface area contributed by atoms with E-state index in [0.717, 1.165) is 18.4 Å². The number of carbonyl (C=O) groups is 1. The summed E-state index contributed by atoms with van der Waals surface area (Å²) in [5.74, 6) is -2.98. The lowest BCUT2D eigenvalue weighted by molar-refractivity contribution is 0.0939. The first-order chi connectivity index (χ1) is 11.1. The van der Waals surface area contributed by atoms with Crippen molar-refractivity contribution in [1.29, 1.82) is 0 Å². The third kappa shape index (κ3) is 4.10. The van der Waals surface area contributed by atoms with Crippen LogP contribution in [0.25, 0.3) is 0 Å². The Hall–Kier alpha value is -1.99. The van der Waals surface area contributed by atoms with Crippen molar-refractivity contribution in [2.45, 2.75) is 17.9 Å². The second-order valence-electron chi connectivity index (χ2n) is 5.28. The minimum Gasteiger partial charge on any atom is -0.345 e. The smallest absolute Gasteiger partial charge is 0.253 e. The van der Waals surface area contributed by atoms with Crippen LogP contribution in [0.4, 0.5) is 8.78 Å². The summed E-state index contributed by atoms with van der Waals surface area (Å²) in [5, 5.41) is 2.39. The fraction of sp³-hybridized carbons (Fsp3) is 0.188. The molecule has 0 bridgehead atoms. The molecule has 2 rings (SSSR count). The molecule has 0 aliphatic rings. The van der Waals surface area contributed by atoms with Gasteiger partial charge in [-0.1, -0.05) is 23.7 Å². The molecule has 0 heterocycles. The standard InChI is InChI=1S/C16H14ClF2NO3S/c1-9(10-3-5-11(6-4-10)24(2,22)23)20-16(21)12-7-14(18)15(19)8-13(12)17/h3-9H,1-2H3,(H,20,21). The molecule has 0 aliphatic carbocycles. The maximum atomic E-state index is 13.3. The molecule has 24 heavy (non-hydrogen) atoms. The van der Waals surface area contributed by atoms with E-state index in [1.807, 2.05) is 0 Å². The Bertz CT molecular complexity index is 883. The Balaban J connectivity index is 2.19. The topological polar surface area (TPSA) is 63.2 Å². The van der Waals surface area contributed by atoms with Crippen molar-refractivity contribution >= 4 is 27.3 Å². The molecule has 128 valence electrons. The van der Waals surface area contributed by atoms with E-state index in [1.165, 1.54) is 12.1 Å². The van der Waals surface area contributed by atoms with Crippen LogP contribution in [0.2, 0.25) is 5.02 Å². The summed E-state index contributed by atoms with van der Waals surface area (Å²) >= 11 is 5.76. The molecular formula is C16H14ClF2NO3S. The Morgan fingerprint density at radius 2 is 1.67 bits per heavy atom. The molecule has 0 aliphatic heterocycles. The molecule has 0 radical (unpaired) electrons. The molecule has 0 fully saturated rings. The molecule has 1 unspecified atom stereocenters. The van der Waals surface area contributed by atoms with Crippen molar-refractivity contribution in [2.24, 2.45) is 0 Å². The van der Waals surface area contributed by atoms with Gasteiger partial charge in [-0.15, -0.1) is 0 Å². The van der Waals surface area contributed by atoms with E-state index in [0.29, 0.717) is 5.56 Å². The number of nitrogens with one attached hydrogen (secondary N) is 1. The van der Waals surface area contributed by atoms with E-state index in [1.54, 1.807) is 19.1 Å². The van der Waals surface area contributed by atoms with Gasteiger partial charge in [-0.05, 0) is 36.8 Å². The number of hydrogen-bond donors (Lipinski definition) is 1. The zero-order chi connectivity index (χ0) is 18.1. The number of rotatable bonds is 4. The molecule has 1 N–H and O–H groups in total. The molecule has 0 aromatic heterocycles. The zero-order valence-electron chi connectivity index (χ0n) is 12.8. The maximum absolute atomic E-state index is 13.3. The van der Waals surface area contributed by atoms with Gasteiger partial charge in [0.2, 0.25) is 0 Å². The fourth-order valence-corrected chi connectivity index (χ4v) is 2.92. The quantitative estimate of drug-likeness (QED) is 0.834. The third-order valence-corrected chi connectivity index (χ3v) is 4.85. The van der Waals surface area contributed by atoms with E-state index in [4.69, 9.17) is 11.6 Å². The predicted molar refractivity (Wildman–Crippen MR) is 86.8 cm³/mol. The molecule has 1 amide bonds. The van der Waals surface area contributed by atoms with Gasteiger partial charge in [0.1, 0.15) is 0 Å². The van der Waals surface area contributed by atoms with Gasteiger partial charge in [-0.25, -0.2) is 17.2 Å². The Morgan fingerprint density at radius 3 is 2.21 bits per heavy atom. The lowest BCUT2D eigenvalue weighted by Crippen LogP contribution is -2.27. The first-order valence-corrected chi connectivity index (χ1v) is 9.12. The second-order valence-corrected chi connectivity index (χ2v) is 7.71. The summed E-state index contributed by atoms with van der Waals surface area (Å²) in [6.45, 7) is 1.67. The SMILES string of the molecule is CC(NC(=O)c1cc(F)c(F)cc1Cl)c1ccc(S(C)(=O)=O)cc1. The van der Waals surface area contributed by atoms with Crippen LogP contribution < -0.4 is 5.32 Å². The van der Waals surface area contributed by atoms with Gasteiger partial charge in [-0.3, -0.25) is 4.79 Å². The lowest BCUT2D eigenvalue weighted by atomic mass is 10.1. The molecule has 4 nitrogen and oxygen atoms in total. The summed E-state index contributed by atoms with van der Waals surface area (Å²) in [4.78, 5) is 12.3. The molecule has 0 saturated carbocycles. The van der Waals surface area contributed by atoms with Crippen molar-refractivity contribution in [1.82, 2.24) is 5.32 Å². The van der Waals surface area contributed by atoms with Crippen molar-refractivity contribution in [3.63, 3.8) is 0 Å². The normalized spacial score (nSPS) is 12.7. The molecule has 1 atom stereocenters. The third-order valence-electron chi connectivity index (χ3n) is 3.41. The first kappa shape index (κ1) is 18.4. The molecule has 0 spiro atoms. The molecule has 0 saturated heterocycles. The summed E-state index contributed by atoms with van der Waals surface area (Å²) in [5.41, 5.74) is 0.463. The van der Waals surface area contributed by atoms with E-state index < -0.39 is 33.4 Å². The number of amides is 1. The van der Waals surface area contributed by atoms with Crippen molar-refractivity contribution in [3.05, 3.63) is 64.2 Å². The van der Waals surface area contributed by atoms with Crippen LogP contribution in [0.3, 0.4) is 0 Å². The highest BCUT2D eigenvalue weighted by atomic mass is 35.5. The van der Waals surface area contributed by atoms with Gasteiger partial charge in [0.05, 0.1) is 21.5 Å². The van der Waals surface area contributed by atoms with Crippen LogP contribution in [0, 0.1) is 11.6 Å². The highest BCUT2D eigenvalue weighted by molar-refractivity contribution is 7.90. The summed E-state index contributed by atoms with van der Waals surface area (Å²) < 4.78 is 49.2. The second kappa shape index (κ2) is 6.86. The Kier molecular flexibility index (Phi) is 5.25. The van der Waals surface area contributed by atoms with Gasteiger partial charge in [0.15, 0.2) is 21.5 Å². The van der Waals surface area contributed by atoms with Crippen LogP contribution >= 0.6 is 11.6 Å². The van der Waals surface area contributed by atoms with Crippen molar-refractivity contribution in [2.75, 3.05) is 6.26 Å². The average Bonchev–Trinajstić information content (AvgIpc) is 2.50. The van der Waals surface area contributed by atoms with Crippen molar-refractivity contribution < 1.29 is 22.0 Å². The Morgan fingerprint density at radius 1 is 1.12 bits per heavy atom. The maximum Gasteiger partial charge on any atom is 0.253 e. The number of halogens is 3. The van der Waals surface area contributed by atoms with Gasteiger partial charge in [0.25, 0.3) is 5.91 Å². The first-order valence-electron chi connectivity index (χ1n) is 6.85. The van der Waals surface area contributed by atoms with E-state index in [9.17, 15) is 22.0 Å². The number of carbonyl (C=O) groups excluding carboxylic acids is 1. The van der Waals surface area contributed by atoms with Crippen LogP contribution in [0.15, 0.2) is 41.3 Å². The van der Waals surface area contributed by atoms with Crippen LogP contribution in [0.1, 0.15) is 28.9 Å². The van der Waals surface area contributed by atoms with Crippen LogP contribution in [-0.4, -0.2) is 20.6 Å². The number of hydrogen-bond acceptors (Lipinski definition) is 3. The zero-order valence-corrected chi connectivity index (χ0v) is 14.4. The highest BCUT2D eigenvalue weighted by Crippen LogP contribution is 2.22. The van der Waals surface area contributed by atoms with Gasteiger partial charge < -0.3 is 5.32 Å². The van der Waals surface area contributed by atoms with Crippen LogP contribution in [-0.2, 0) is 9.84 Å². The fourth-order valence-electron chi connectivity index (χ4n) is 2.06. The number of benzene rings is 2. The number of sulfone groups is 1. The van der Waals surface area contributed by atoms with Gasteiger partial charge in [-0.2, -0.15) is 0 Å². The minimum atomic E-state index is -3.31. The van der Waals surface area contributed by atoms with E-state index in [-0.39, 0.29) is 15.5 Å². The van der Waals surface area contributed by atoms with Crippen LogP contribution in [0.5, 0.6) is 0 Å². The van der Waals surface area contributed by atoms with E-state index in [2.05, 4.69) is 5.32 Å². The minimum absolute atomic E-state index is 0.161. The van der Waals surface area contributed by atoms with Gasteiger partial charge in [0, 0.05) is 6.26 Å². The monoisotopic (exact) mass is 373 g/mol. The Labute approximate surface area is 143 Å².